The number of likely N-dealkylation sites (tertiary alicyclic amines) is 1. The third kappa shape index (κ3) is 3.46. The zero-order valence-corrected chi connectivity index (χ0v) is 10.2. The SMILES string of the molecule is CN1CCCC[C@@H]1CNC1CCCCC1. The van der Waals surface area contributed by atoms with E-state index in [1.54, 1.807) is 0 Å². The maximum atomic E-state index is 3.78. The third-order valence-electron chi connectivity index (χ3n) is 4.17. The van der Waals surface area contributed by atoms with Crippen molar-refractivity contribution in [1.82, 2.24) is 10.2 Å². The summed E-state index contributed by atoms with van der Waals surface area (Å²) in [5.74, 6) is 0. The molecule has 0 aromatic carbocycles. The van der Waals surface area contributed by atoms with E-state index < -0.39 is 0 Å². The van der Waals surface area contributed by atoms with Crippen LogP contribution in [0, 0.1) is 0 Å². The number of rotatable bonds is 3. The van der Waals surface area contributed by atoms with Crippen LogP contribution in [0.1, 0.15) is 51.4 Å². The van der Waals surface area contributed by atoms with E-state index >= 15 is 0 Å². The summed E-state index contributed by atoms with van der Waals surface area (Å²) in [6, 6.07) is 1.63. The van der Waals surface area contributed by atoms with Crippen LogP contribution in [0.5, 0.6) is 0 Å². The molecule has 2 rings (SSSR count). The molecule has 2 heteroatoms. The molecule has 15 heavy (non-hydrogen) atoms. The van der Waals surface area contributed by atoms with Crippen LogP contribution in [0.25, 0.3) is 0 Å². The zero-order chi connectivity index (χ0) is 10.5. The Morgan fingerprint density at radius 3 is 2.47 bits per heavy atom. The highest BCUT2D eigenvalue weighted by Crippen LogP contribution is 2.19. The summed E-state index contributed by atoms with van der Waals surface area (Å²) < 4.78 is 0. The molecule has 0 spiro atoms. The molecule has 1 aliphatic carbocycles. The molecule has 1 atom stereocenters. The van der Waals surface area contributed by atoms with Gasteiger partial charge in [-0.2, -0.15) is 0 Å². The lowest BCUT2D eigenvalue weighted by Gasteiger charge is -2.34. The van der Waals surface area contributed by atoms with Gasteiger partial charge in [-0.15, -0.1) is 0 Å². The Labute approximate surface area is 94.4 Å². The van der Waals surface area contributed by atoms with Crippen molar-refractivity contribution in [2.45, 2.75) is 63.5 Å². The smallest absolute Gasteiger partial charge is 0.0217 e. The summed E-state index contributed by atoms with van der Waals surface area (Å²) in [6.07, 6.45) is 11.4. The maximum Gasteiger partial charge on any atom is 0.0217 e. The predicted molar refractivity (Wildman–Crippen MR) is 65.1 cm³/mol. The molecule has 1 N–H and O–H groups in total. The first-order valence-electron chi connectivity index (χ1n) is 6.80. The van der Waals surface area contributed by atoms with E-state index in [4.69, 9.17) is 0 Å². The van der Waals surface area contributed by atoms with Gasteiger partial charge in [-0.25, -0.2) is 0 Å². The van der Waals surface area contributed by atoms with Gasteiger partial charge in [0.1, 0.15) is 0 Å². The van der Waals surface area contributed by atoms with Gasteiger partial charge in [-0.05, 0) is 39.3 Å². The second-order valence-electron chi connectivity index (χ2n) is 5.37. The number of piperidine rings is 1. The third-order valence-corrected chi connectivity index (χ3v) is 4.17. The Morgan fingerprint density at radius 1 is 1.00 bits per heavy atom. The minimum atomic E-state index is 0.806. The molecular formula is C13H26N2. The highest BCUT2D eigenvalue weighted by atomic mass is 15.2. The lowest BCUT2D eigenvalue weighted by Crippen LogP contribution is -2.46. The van der Waals surface area contributed by atoms with Crippen LogP contribution in [-0.4, -0.2) is 37.1 Å². The molecule has 0 unspecified atom stereocenters. The summed E-state index contributed by atoms with van der Waals surface area (Å²) in [5, 5.41) is 3.78. The average Bonchev–Trinajstić information content (AvgIpc) is 2.29. The number of likely N-dealkylation sites (N-methyl/N-ethyl adjacent to an activating group) is 1. The minimum absolute atomic E-state index is 0.806. The largest absolute Gasteiger partial charge is 0.312 e. The van der Waals surface area contributed by atoms with E-state index in [0.29, 0.717) is 0 Å². The van der Waals surface area contributed by atoms with Crippen LogP contribution in [0.3, 0.4) is 0 Å². The molecule has 0 radical (unpaired) electrons. The first-order valence-corrected chi connectivity index (χ1v) is 6.80. The van der Waals surface area contributed by atoms with Gasteiger partial charge >= 0.3 is 0 Å². The molecule has 2 aliphatic rings. The Hall–Kier alpha value is -0.0800. The molecule has 0 aromatic rings. The zero-order valence-electron chi connectivity index (χ0n) is 10.2. The molecule has 0 aromatic heterocycles. The number of hydrogen-bond acceptors (Lipinski definition) is 2. The quantitative estimate of drug-likeness (QED) is 0.769. The molecule has 0 bridgehead atoms. The summed E-state index contributed by atoms with van der Waals surface area (Å²) >= 11 is 0. The topological polar surface area (TPSA) is 15.3 Å². The fourth-order valence-electron chi connectivity index (χ4n) is 3.01. The standard InChI is InChI=1S/C13H26N2/c1-15-10-6-5-9-13(15)11-14-12-7-3-2-4-8-12/h12-14H,2-11H2,1H3/t13-/m1/s1. The van der Waals surface area contributed by atoms with E-state index in [0.717, 1.165) is 12.1 Å². The summed E-state index contributed by atoms with van der Waals surface area (Å²) in [6.45, 7) is 2.53. The van der Waals surface area contributed by atoms with Gasteiger partial charge in [-0.3, -0.25) is 0 Å². The molecule has 88 valence electrons. The van der Waals surface area contributed by atoms with E-state index in [1.807, 2.05) is 0 Å². The Kier molecular flexibility index (Phi) is 4.45. The first kappa shape index (κ1) is 11.4. The van der Waals surface area contributed by atoms with Crippen molar-refractivity contribution in [1.29, 1.82) is 0 Å². The number of nitrogens with zero attached hydrogens (tertiary/aromatic N) is 1. The molecule has 1 heterocycles. The van der Waals surface area contributed by atoms with Crippen molar-refractivity contribution in [3.63, 3.8) is 0 Å². The second kappa shape index (κ2) is 5.86. The van der Waals surface area contributed by atoms with Gasteiger partial charge in [0.05, 0.1) is 0 Å². The molecule has 1 aliphatic heterocycles. The second-order valence-corrected chi connectivity index (χ2v) is 5.37. The van der Waals surface area contributed by atoms with Gasteiger partial charge in [0.25, 0.3) is 0 Å². The van der Waals surface area contributed by atoms with E-state index in [1.165, 1.54) is 64.5 Å². The van der Waals surface area contributed by atoms with Crippen molar-refractivity contribution in [2.24, 2.45) is 0 Å². The van der Waals surface area contributed by atoms with Crippen molar-refractivity contribution in [2.75, 3.05) is 20.1 Å². The highest BCUT2D eigenvalue weighted by Gasteiger charge is 2.20. The van der Waals surface area contributed by atoms with E-state index in [9.17, 15) is 0 Å². The summed E-state index contributed by atoms with van der Waals surface area (Å²) in [5.41, 5.74) is 0. The minimum Gasteiger partial charge on any atom is -0.312 e. The van der Waals surface area contributed by atoms with Crippen LogP contribution < -0.4 is 5.32 Å². The van der Waals surface area contributed by atoms with Crippen molar-refractivity contribution in [3.8, 4) is 0 Å². The lowest BCUT2D eigenvalue weighted by atomic mass is 9.95. The normalized spacial score (nSPS) is 30.6. The van der Waals surface area contributed by atoms with Crippen LogP contribution in [0.15, 0.2) is 0 Å². The Morgan fingerprint density at radius 2 is 1.73 bits per heavy atom. The summed E-state index contributed by atoms with van der Waals surface area (Å²) in [4.78, 5) is 2.54. The van der Waals surface area contributed by atoms with Crippen LogP contribution in [0.2, 0.25) is 0 Å². The molecule has 2 nitrogen and oxygen atoms in total. The van der Waals surface area contributed by atoms with Gasteiger partial charge in [0.2, 0.25) is 0 Å². The molecule has 0 amide bonds. The summed E-state index contributed by atoms with van der Waals surface area (Å²) in [7, 11) is 2.28. The van der Waals surface area contributed by atoms with Gasteiger partial charge in [-0.1, -0.05) is 25.7 Å². The van der Waals surface area contributed by atoms with E-state index in [-0.39, 0.29) is 0 Å². The maximum absolute atomic E-state index is 3.78. The van der Waals surface area contributed by atoms with Crippen molar-refractivity contribution in [3.05, 3.63) is 0 Å². The van der Waals surface area contributed by atoms with Crippen LogP contribution in [0.4, 0.5) is 0 Å². The average molecular weight is 210 g/mol. The monoisotopic (exact) mass is 210 g/mol. The Bertz CT molecular complexity index is 175. The Balaban J connectivity index is 1.67. The molecular weight excluding hydrogens is 184 g/mol. The fraction of sp³-hybridized carbons (Fsp3) is 1.00. The fourth-order valence-corrected chi connectivity index (χ4v) is 3.01. The lowest BCUT2D eigenvalue weighted by molar-refractivity contribution is 0.174. The highest BCUT2D eigenvalue weighted by molar-refractivity contribution is 4.79. The number of hydrogen-bond donors (Lipinski definition) is 1. The molecule has 2 fully saturated rings. The van der Waals surface area contributed by atoms with Gasteiger partial charge < -0.3 is 10.2 Å². The van der Waals surface area contributed by atoms with Crippen molar-refractivity contribution >= 4 is 0 Å². The van der Waals surface area contributed by atoms with Gasteiger partial charge in [0.15, 0.2) is 0 Å². The molecule has 1 saturated heterocycles. The van der Waals surface area contributed by atoms with Crippen LogP contribution in [-0.2, 0) is 0 Å². The van der Waals surface area contributed by atoms with Gasteiger partial charge in [0, 0.05) is 18.6 Å². The first-order chi connectivity index (χ1) is 7.36. The predicted octanol–water partition coefficient (Wildman–Crippen LogP) is 2.39. The molecule has 1 saturated carbocycles. The van der Waals surface area contributed by atoms with Crippen molar-refractivity contribution < 1.29 is 0 Å². The van der Waals surface area contributed by atoms with E-state index in [2.05, 4.69) is 17.3 Å². The van der Waals surface area contributed by atoms with Crippen LogP contribution >= 0.6 is 0 Å². The number of nitrogens with one attached hydrogen (secondary N) is 1.